The topological polar surface area (TPSA) is 47.6 Å². The van der Waals surface area contributed by atoms with Crippen molar-refractivity contribution in [1.29, 1.82) is 0 Å². The number of carbonyl (C=O) groups excluding carboxylic acids is 1. The first-order chi connectivity index (χ1) is 13.0. The van der Waals surface area contributed by atoms with Crippen molar-refractivity contribution >= 4 is 22.4 Å². The van der Waals surface area contributed by atoms with E-state index in [1.807, 2.05) is 43.3 Å². The van der Waals surface area contributed by atoms with Gasteiger partial charge in [0.15, 0.2) is 0 Å². The predicted octanol–water partition coefficient (Wildman–Crippen LogP) is 5.55. The lowest BCUT2D eigenvalue weighted by Gasteiger charge is -2.29. The maximum atomic E-state index is 13.1. The molecule has 2 aromatic carbocycles. The molecular formula is C23H31NO3. The van der Waals surface area contributed by atoms with Gasteiger partial charge in [0.1, 0.15) is 11.4 Å². The summed E-state index contributed by atoms with van der Waals surface area (Å²) in [6, 6.07) is 11.9. The van der Waals surface area contributed by atoms with E-state index in [1.54, 1.807) is 0 Å². The molecule has 1 saturated carbocycles. The first kappa shape index (κ1) is 19.7. The number of rotatable bonds is 9. The minimum atomic E-state index is -0.761. The third-order valence-electron chi connectivity index (χ3n) is 5.45. The SMILES string of the molecule is CCCO[C@](C)(C(=O)Nc1ccc(O[C@H](C)CC)c2ccccc12)C1CC1. The van der Waals surface area contributed by atoms with Crippen LogP contribution >= 0.6 is 0 Å². The summed E-state index contributed by atoms with van der Waals surface area (Å²) in [5.74, 6) is 1.10. The van der Waals surface area contributed by atoms with Gasteiger partial charge < -0.3 is 14.8 Å². The molecule has 4 heteroatoms. The fourth-order valence-electron chi connectivity index (χ4n) is 3.35. The highest BCUT2D eigenvalue weighted by Crippen LogP contribution is 2.43. The Morgan fingerprint density at radius 1 is 1.19 bits per heavy atom. The summed E-state index contributed by atoms with van der Waals surface area (Å²) < 4.78 is 12.1. The van der Waals surface area contributed by atoms with Crippen molar-refractivity contribution in [1.82, 2.24) is 0 Å². The molecule has 0 heterocycles. The van der Waals surface area contributed by atoms with E-state index in [2.05, 4.69) is 26.1 Å². The summed E-state index contributed by atoms with van der Waals surface area (Å²) in [6.07, 6.45) is 4.10. The Balaban J connectivity index is 1.88. The van der Waals surface area contributed by atoms with Crippen LogP contribution in [0.25, 0.3) is 10.8 Å². The number of nitrogens with one attached hydrogen (secondary N) is 1. The second-order valence-electron chi connectivity index (χ2n) is 7.68. The van der Waals surface area contributed by atoms with Crippen molar-refractivity contribution in [2.75, 3.05) is 11.9 Å². The number of ether oxygens (including phenoxy) is 2. The Morgan fingerprint density at radius 3 is 2.52 bits per heavy atom. The average Bonchev–Trinajstić information content (AvgIpc) is 3.53. The minimum Gasteiger partial charge on any atom is -0.490 e. The maximum Gasteiger partial charge on any atom is 0.256 e. The second kappa shape index (κ2) is 8.30. The van der Waals surface area contributed by atoms with E-state index in [9.17, 15) is 4.79 Å². The van der Waals surface area contributed by atoms with Crippen LogP contribution in [0.4, 0.5) is 5.69 Å². The van der Waals surface area contributed by atoms with E-state index in [4.69, 9.17) is 9.47 Å². The second-order valence-corrected chi connectivity index (χ2v) is 7.68. The molecule has 0 spiro atoms. The van der Waals surface area contributed by atoms with Crippen LogP contribution in [0.5, 0.6) is 5.75 Å². The van der Waals surface area contributed by atoms with Gasteiger partial charge in [-0.3, -0.25) is 4.79 Å². The zero-order valence-corrected chi connectivity index (χ0v) is 16.9. The summed E-state index contributed by atoms with van der Waals surface area (Å²) in [6.45, 7) is 8.77. The molecule has 0 saturated heterocycles. The Hall–Kier alpha value is -2.07. The Morgan fingerprint density at radius 2 is 1.89 bits per heavy atom. The van der Waals surface area contributed by atoms with Gasteiger partial charge in [-0.1, -0.05) is 38.1 Å². The number of amides is 1. The number of hydrogen-bond acceptors (Lipinski definition) is 3. The maximum absolute atomic E-state index is 13.1. The molecule has 1 fully saturated rings. The molecule has 4 nitrogen and oxygen atoms in total. The third kappa shape index (κ3) is 4.27. The predicted molar refractivity (Wildman–Crippen MR) is 110 cm³/mol. The lowest BCUT2D eigenvalue weighted by molar-refractivity contribution is -0.142. The van der Waals surface area contributed by atoms with Gasteiger partial charge >= 0.3 is 0 Å². The first-order valence-electron chi connectivity index (χ1n) is 10.1. The fourth-order valence-corrected chi connectivity index (χ4v) is 3.35. The van der Waals surface area contributed by atoms with E-state index in [0.717, 1.165) is 47.9 Å². The van der Waals surface area contributed by atoms with Gasteiger partial charge in [0.25, 0.3) is 5.91 Å². The lowest BCUT2D eigenvalue weighted by atomic mass is 9.98. The number of hydrogen-bond donors (Lipinski definition) is 1. The van der Waals surface area contributed by atoms with Gasteiger partial charge in [-0.05, 0) is 57.6 Å². The molecule has 27 heavy (non-hydrogen) atoms. The van der Waals surface area contributed by atoms with Crippen LogP contribution in [0.2, 0.25) is 0 Å². The molecule has 3 rings (SSSR count). The van der Waals surface area contributed by atoms with Crippen LogP contribution in [0.3, 0.4) is 0 Å². The highest BCUT2D eigenvalue weighted by atomic mass is 16.5. The van der Waals surface area contributed by atoms with Crippen LogP contribution in [-0.4, -0.2) is 24.2 Å². The Bertz CT molecular complexity index is 799. The zero-order valence-electron chi connectivity index (χ0n) is 16.9. The van der Waals surface area contributed by atoms with E-state index in [0.29, 0.717) is 12.5 Å². The summed E-state index contributed by atoms with van der Waals surface area (Å²) in [4.78, 5) is 13.1. The van der Waals surface area contributed by atoms with Crippen molar-refractivity contribution in [3.05, 3.63) is 36.4 Å². The minimum absolute atomic E-state index is 0.0563. The van der Waals surface area contributed by atoms with Gasteiger partial charge in [-0.25, -0.2) is 0 Å². The van der Waals surface area contributed by atoms with Gasteiger partial charge in [0.2, 0.25) is 0 Å². The molecule has 0 bridgehead atoms. The Labute approximate surface area is 162 Å². The van der Waals surface area contributed by atoms with Crippen molar-refractivity contribution in [3.63, 3.8) is 0 Å². The highest BCUT2D eigenvalue weighted by molar-refractivity contribution is 6.06. The number of carbonyl (C=O) groups is 1. The molecule has 1 aliphatic carbocycles. The summed E-state index contributed by atoms with van der Waals surface area (Å²) in [5, 5.41) is 5.13. The number of anilines is 1. The van der Waals surface area contributed by atoms with Crippen molar-refractivity contribution in [2.45, 2.75) is 65.1 Å². The number of benzene rings is 2. The monoisotopic (exact) mass is 369 g/mol. The molecule has 0 aromatic heterocycles. The quantitative estimate of drug-likeness (QED) is 0.630. The van der Waals surface area contributed by atoms with Gasteiger partial charge in [-0.2, -0.15) is 0 Å². The van der Waals surface area contributed by atoms with E-state index >= 15 is 0 Å². The molecule has 0 radical (unpaired) electrons. The molecule has 146 valence electrons. The Kier molecular flexibility index (Phi) is 6.05. The molecule has 0 aliphatic heterocycles. The summed E-state index contributed by atoms with van der Waals surface area (Å²) >= 11 is 0. The third-order valence-corrected chi connectivity index (χ3v) is 5.45. The van der Waals surface area contributed by atoms with Crippen molar-refractivity contribution in [2.24, 2.45) is 5.92 Å². The molecule has 0 unspecified atom stereocenters. The zero-order chi connectivity index (χ0) is 19.4. The van der Waals surface area contributed by atoms with Gasteiger partial charge in [0, 0.05) is 23.1 Å². The summed E-state index contributed by atoms with van der Waals surface area (Å²) in [7, 11) is 0. The van der Waals surface area contributed by atoms with E-state index < -0.39 is 5.60 Å². The molecule has 1 N–H and O–H groups in total. The molecular weight excluding hydrogens is 338 g/mol. The van der Waals surface area contributed by atoms with Crippen LogP contribution in [0.15, 0.2) is 36.4 Å². The molecule has 2 atom stereocenters. The summed E-state index contributed by atoms with van der Waals surface area (Å²) in [5.41, 5.74) is 0.0438. The van der Waals surface area contributed by atoms with Crippen LogP contribution in [0, 0.1) is 5.92 Å². The van der Waals surface area contributed by atoms with Crippen molar-refractivity contribution in [3.8, 4) is 5.75 Å². The van der Waals surface area contributed by atoms with E-state index in [-0.39, 0.29) is 12.0 Å². The largest absolute Gasteiger partial charge is 0.490 e. The smallest absolute Gasteiger partial charge is 0.256 e. The fraction of sp³-hybridized carbons (Fsp3) is 0.522. The van der Waals surface area contributed by atoms with Crippen LogP contribution in [-0.2, 0) is 9.53 Å². The van der Waals surface area contributed by atoms with E-state index in [1.165, 1.54) is 0 Å². The molecule has 2 aromatic rings. The van der Waals surface area contributed by atoms with Gasteiger partial charge in [-0.15, -0.1) is 0 Å². The van der Waals surface area contributed by atoms with Crippen LogP contribution in [0.1, 0.15) is 53.4 Å². The van der Waals surface area contributed by atoms with Crippen molar-refractivity contribution < 1.29 is 14.3 Å². The molecule has 1 aliphatic rings. The first-order valence-corrected chi connectivity index (χ1v) is 10.1. The van der Waals surface area contributed by atoms with Crippen LogP contribution < -0.4 is 10.1 Å². The number of fused-ring (bicyclic) bond motifs is 1. The standard InChI is InChI=1S/C23H31NO3/c1-5-15-26-23(4,17-11-12-17)22(25)24-20-13-14-21(27-16(3)6-2)19-10-8-7-9-18(19)20/h7-10,13-14,16-17H,5-6,11-12,15H2,1-4H3,(H,24,25)/t16-,23+/m1/s1. The highest BCUT2D eigenvalue weighted by Gasteiger charge is 2.48. The normalized spacial score (nSPS) is 17.3. The van der Waals surface area contributed by atoms with Gasteiger partial charge in [0.05, 0.1) is 6.10 Å². The lowest BCUT2D eigenvalue weighted by Crippen LogP contribution is -2.45. The molecule has 1 amide bonds. The average molecular weight is 370 g/mol.